The Morgan fingerprint density at radius 2 is 2.67 bits per heavy atom. The molecule has 1 fully saturated rings. The highest BCUT2D eigenvalue weighted by Gasteiger charge is 2.17. The lowest BCUT2D eigenvalue weighted by molar-refractivity contribution is 0.0758. The van der Waals surface area contributed by atoms with Crippen LogP contribution in [0.1, 0.15) is 11.7 Å². The summed E-state index contributed by atoms with van der Waals surface area (Å²) >= 11 is 4.95. The standard InChI is InChI=1S/C7H9BrN2OS/c8-7-10-6(4-12-7)5-3-11-2-1-9-5/h4-5,9H,1-3H2. The molecule has 66 valence electrons. The number of nitrogens with zero attached hydrogens (tertiary/aromatic N) is 1. The fourth-order valence-corrected chi connectivity index (χ4v) is 2.26. The minimum Gasteiger partial charge on any atom is -0.378 e. The second-order valence-corrected chi connectivity index (χ2v) is 4.74. The molecule has 1 saturated heterocycles. The molecule has 0 radical (unpaired) electrons. The van der Waals surface area contributed by atoms with Crippen molar-refractivity contribution in [3.05, 3.63) is 15.0 Å². The zero-order valence-corrected chi connectivity index (χ0v) is 8.82. The predicted molar refractivity (Wildman–Crippen MR) is 51.4 cm³/mol. The maximum atomic E-state index is 5.33. The lowest BCUT2D eigenvalue weighted by atomic mass is 10.2. The second kappa shape index (κ2) is 3.83. The van der Waals surface area contributed by atoms with E-state index >= 15 is 0 Å². The van der Waals surface area contributed by atoms with Crippen LogP contribution >= 0.6 is 27.3 Å². The molecule has 1 atom stereocenters. The number of aromatic nitrogens is 1. The minimum absolute atomic E-state index is 0.279. The van der Waals surface area contributed by atoms with Gasteiger partial charge < -0.3 is 10.1 Å². The van der Waals surface area contributed by atoms with Crippen molar-refractivity contribution in [3.8, 4) is 0 Å². The van der Waals surface area contributed by atoms with Gasteiger partial charge in [0.1, 0.15) is 0 Å². The Hall–Kier alpha value is 0.0300. The Morgan fingerprint density at radius 1 is 1.75 bits per heavy atom. The number of morpholine rings is 1. The van der Waals surface area contributed by atoms with Crippen LogP contribution in [0.2, 0.25) is 0 Å². The molecule has 1 aromatic heterocycles. The van der Waals surface area contributed by atoms with E-state index in [-0.39, 0.29) is 6.04 Å². The number of rotatable bonds is 1. The van der Waals surface area contributed by atoms with Gasteiger partial charge >= 0.3 is 0 Å². The Bertz CT molecular complexity index is 260. The van der Waals surface area contributed by atoms with Crippen LogP contribution in [-0.4, -0.2) is 24.7 Å². The third-order valence-electron chi connectivity index (χ3n) is 1.77. The van der Waals surface area contributed by atoms with Crippen molar-refractivity contribution in [2.24, 2.45) is 0 Å². The first-order valence-electron chi connectivity index (χ1n) is 3.78. The first-order valence-corrected chi connectivity index (χ1v) is 5.45. The van der Waals surface area contributed by atoms with Crippen LogP contribution in [0, 0.1) is 0 Å². The molecule has 3 nitrogen and oxygen atoms in total. The van der Waals surface area contributed by atoms with E-state index < -0.39 is 0 Å². The number of ether oxygens (including phenoxy) is 1. The van der Waals surface area contributed by atoms with Crippen molar-refractivity contribution < 1.29 is 4.74 Å². The SMILES string of the molecule is Brc1nc(C2COCCN2)cs1. The molecule has 2 heterocycles. The molecule has 0 amide bonds. The summed E-state index contributed by atoms with van der Waals surface area (Å²) in [6.07, 6.45) is 0. The highest BCUT2D eigenvalue weighted by atomic mass is 79.9. The van der Waals surface area contributed by atoms with E-state index in [2.05, 4.69) is 31.6 Å². The summed E-state index contributed by atoms with van der Waals surface area (Å²) in [6.45, 7) is 2.46. The number of hydrogen-bond donors (Lipinski definition) is 1. The maximum Gasteiger partial charge on any atom is 0.159 e. The van der Waals surface area contributed by atoms with E-state index in [1.807, 2.05) is 0 Å². The summed E-state index contributed by atoms with van der Waals surface area (Å²) in [7, 11) is 0. The molecular formula is C7H9BrN2OS. The molecule has 1 aromatic rings. The van der Waals surface area contributed by atoms with Gasteiger partial charge in [0.25, 0.3) is 0 Å². The van der Waals surface area contributed by atoms with Gasteiger partial charge in [0.2, 0.25) is 0 Å². The van der Waals surface area contributed by atoms with Crippen LogP contribution in [0.15, 0.2) is 9.30 Å². The molecule has 1 N–H and O–H groups in total. The first kappa shape index (κ1) is 8.62. The van der Waals surface area contributed by atoms with Gasteiger partial charge in [-0.25, -0.2) is 4.98 Å². The third kappa shape index (κ3) is 1.85. The molecule has 1 aliphatic rings. The molecular weight excluding hydrogens is 240 g/mol. The molecule has 0 bridgehead atoms. The van der Waals surface area contributed by atoms with Gasteiger partial charge in [-0.3, -0.25) is 0 Å². The van der Waals surface area contributed by atoms with Gasteiger partial charge in [0, 0.05) is 11.9 Å². The van der Waals surface area contributed by atoms with Crippen molar-refractivity contribution in [2.75, 3.05) is 19.8 Å². The van der Waals surface area contributed by atoms with Gasteiger partial charge in [0.15, 0.2) is 3.92 Å². The molecule has 0 aliphatic carbocycles. The lowest BCUT2D eigenvalue weighted by Crippen LogP contribution is -2.34. The van der Waals surface area contributed by atoms with Crippen LogP contribution in [0.25, 0.3) is 0 Å². The summed E-state index contributed by atoms with van der Waals surface area (Å²) in [5.41, 5.74) is 1.08. The normalized spacial score (nSPS) is 24.2. The largest absolute Gasteiger partial charge is 0.378 e. The molecule has 1 unspecified atom stereocenters. The fourth-order valence-electron chi connectivity index (χ4n) is 1.18. The van der Waals surface area contributed by atoms with Gasteiger partial charge in [-0.1, -0.05) is 0 Å². The summed E-state index contributed by atoms with van der Waals surface area (Å²) in [6, 6.07) is 0.279. The van der Waals surface area contributed by atoms with E-state index in [1.54, 1.807) is 11.3 Å². The zero-order valence-electron chi connectivity index (χ0n) is 6.42. The van der Waals surface area contributed by atoms with Crippen molar-refractivity contribution in [1.29, 1.82) is 0 Å². The topological polar surface area (TPSA) is 34.1 Å². The molecule has 12 heavy (non-hydrogen) atoms. The zero-order chi connectivity index (χ0) is 8.39. The van der Waals surface area contributed by atoms with E-state index in [0.717, 1.165) is 29.4 Å². The Kier molecular flexibility index (Phi) is 2.75. The molecule has 2 rings (SSSR count). The molecule has 0 aromatic carbocycles. The summed E-state index contributed by atoms with van der Waals surface area (Å²) in [5.74, 6) is 0. The number of thiazole rings is 1. The fraction of sp³-hybridized carbons (Fsp3) is 0.571. The van der Waals surface area contributed by atoms with Gasteiger partial charge in [-0.2, -0.15) is 0 Å². The summed E-state index contributed by atoms with van der Waals surface area (Å²) in [5, 5.41) is 5.40. The maximum absolute atomic E-state index is 5.33. The van der Waals surface area contributed by atoms with Gasteiger partial charge in [-0.15, -0.1) is 11.3 Å². The first-order chi connectivity index (χ1) is 5.86. The van der Waals surface area contributed by atoms with Crippen LogP contribution in [0.4, 0.5) is 0 Å². The monoisotopic (exact) mass is 248 g/mol. The smallest absolute Gasteiger partial charge is 0.159 e. The van der Waals surface area contributed by atoms with Crippen molar-refractivity contribution >= 4 is 27.3 Å². The summed E-state index contributed by atoms with van der Waals surface area (Å²) in [4.78, 5) is 4.33. The average Bonchev–Trinajstić information content (AvgIpc) is 2.54. The summed E-state index contributed by atoms with van der Waals surface area (Å²) < 4.78 is 6.27. The molecule has 1 aliphatic heterocycles. The minimum atomic E-state index is 0.279. The number of hydrogen-bond acceptors (Lipinski definition) is 4. The quantitative estimate of drug-likeness (QED) is 0.820. The lowest BCUT2D eigenvalue weighted by Gasteiger charge is -2.21. The highest BCUT2D eigenvalue weighted by molar-refractivity contribution is 9.11. The van der Waals surface area contributed by atoms with Crippen molar-refractivity contribution in [2.45, 2.75) is 6.04 Å². The Labute approximate surface area is 83.3 Å². The third-order valence-corrected chi connectivity index (χ3v) is 3.16. The molecule has 0 saturated carbocycles. The number of nitrogens with one attached hydrogen (secondary N) is 1. The van der Waals surface area contributed by atoms with Crippen molar-refractivity contribution in [3.63, 3.8) is 0 Å². The van der Waals surface area contributed by atoms with Crippen LogP contribution in [-0.2, 0) is 4.74 Å². The van der Waals surface area contributed by atoms with Gasteiger partial charge in [0.05, 0.1) is 24.9 Å². The van der Waals surface area contributed by atoms with E-state index in [1.165, 1.54) is 0 Å². The van der Waals surface area contributed by atoms with Crippen LogP contribution < -0.4 is 5.32 Å². The second-order valence-electron chi connectivity index (χ2n) is 2.61. The van der Waals surface area contributed by atoms with E-state index in [9.17, 15) is 0 Å². The Balaban J connectivity index is 2.08. The average molecular weight is 249 g/mol. The van der Waals surface area contributed by atoms with Crippen LogP contribution in [0.5, 0.6) is 0 Å². The Morgan fingerprint density at radius 3 is 3.25 bits per heavy atom. The van der Waals surface area contributed by atoms with E-state index in [4.69, 9.17) is 4.74 Å². The van der Waals surface area contributed by atoms with E-state index in [0.29, 0.717) is 0 Å². The molecule has 5 heteroatoms. The highest BCUT2D eigenvalue weighted by Crippen LogP contribution is 2.21. The van der Waals surface area contributed by atoms with Crippen molar-refractivity contribution in [1.82, 2.24) is 10.3 Å². The number of halogens is 1. The molecule has 0 spiro atoms. The predicted octanol–water partition coefficient (Wildman–Crippen LogP) is 1.57. The van der Waals surface area contributed by atoms with Crippen LogP contribution in [0.3, 0.4) is 0 Å². The van der Waals surface area contributed by atoms with Gasteiger partial charge in [-0.05, 0) is 15.9 Å².